The van der Waals surface area contributed by atoms with Crippen LogP contribution >= 0.6 is 23.4 Å². The zero-order valence-electron chi connectivity index (χ0n) is 11.4. The quantitative estimate of drug-likeness (QED) is 0.452. The molecule has 1 aliphatic carbocycles. The number of nitrogens with zero attached hydrogens (tertiary/aromatic N) is 1. The van der Waals surface area contributed by atoms with Gasteiger partial charge in [0.25, 0.3) is 5.91 Å². The number of nitrogen functional groups attached to an aromatic ring is 1. The van der Waals surface area contributed by atoms with Crippen LogP contribution in [0.25, 0.3) is 0 Å². The largest absolute Gasteiger partial charge is 0.349 e. The highest BCUT2D eigenvalue weighted by Crippen LogP contribution is 2.27. The zero-order valence-corrected chi connectivity index (χ0v) is 12.9. The Hall–Kier alpha value is -0.980. The summed E-state index contributed by atoms with van der Waals surface area (Å²) >= 11 is 7.74. The Morgan fingerprint density at radius 1 is 1.50 bits per heavy atom. The number of thioether (sulfide) groups is 1. The number of hydrogen-bond donors (Lipinski definition) is 3. The molecule has 1 heterocycles. The van der Waals surface area contributed by atoms with Crippen LogP contribution < -0.4 is 16.6 Å². The van der Waals surface area contributed by atoms with Crippen molar-refractivity contribution in [1.29, 1.82) is 0 Å². The molecule has 1 fully saturated rings. The molecule has 0 bridgehead atoms. The first-order valence-corrected chi connectivity index (χ1v) is 8.27. The maximum atomic E-state index is 12.3. The van der Waals surface area contributed by atoms with Gasteiger partial charge in [0.05, 0.1) is 0 Å². The van der Waals surface area contributed by atoms with E-state index < -0.39 is 0 Å². The summed E-state index contributed by atoms with van der Waals surface area (Å²) in [5.74, 6) is 5.56. The van der Waals surface area contributed by atoms with E-state index in [-0.39, 0.29) is 17.1 Å². The van der Waals surface area contributed by atoms with E-state index >= 15 is 0 Å². The minimum Gasteiger partial charge on any atom is -0.349 e. The fourth-order valence-electron chi connectivity index (χ4n) is 2.46. The number of amides is 1. The molecular weight excluding hydrogens is 296 g/mol. The lowest BCUT2D eigenvalue weighted by Crippen LogP contribution is -2.39. The molecule has 0 aliphatic heterocycles. The van der Waals surface area contributed by atoms with E-state index in [0.29, 0.717) is 16.6 Å². The number of carbonyl (C=O) groups is 1. The summed E-state index contributed by atoms with van der Waals surface area (Å²) in [4.78, 5) is 16.2. The predicted octanol–water partition coefficient (Wildman–Crippen LogP) is 2.42. The minimum atomic E-state index is -0.127. The lowest BCUT2D eigenvalue weighted by atomic mass is 9.94. The number of hydrazine groups is 1. The van der Waals surface area contributed by atoms with Crippen LogP contribution in [0.5, 0.6) is 0 Å². The second kappa shape index (κ2) is 7.15. The fraction of sp³-hybridized carbons (Fsp3) is 0.538. The molecule has 0 saturated heterocycles. The number of rotatable bonds is 4. The summed E-state index contributed by atoms with van der Waals surface area (Å²) in [5.41, 5.74) is 2.88. The summed E-state index contributed by atoms with van der Waals surface area (Å²) in [6.07, 6.45) is 6.56. The SMILES string of the molecule is CSC1CCCC(NC(=O)c2cc(Cl)nc(NN)c2)C1. The molecule has 7 heteroatoms. The standard InChI is InChI=1S/C13H19ClN4OS/c1-20-10-4-2-3-9(7-10)16-13(19)8-5-11(14)17-12(6-8)18-15/h5-6,9-10H,2-4,7,15H2,1H3,(H,16,19)(H,17,18). The molecule has 5 nitrogen and oxygen atoms in total. The fourth-order valence-corrected chi connectivity index (χ4v) is 3.50. The Labute approximate surface area is 128 Å². The van der Waals surface area contributed by atoms with Crippen molar-refractivity contribution in [1.82, 2.24) is 10.3 Å². The first kappa shape index (κ1) is 15.4. The van der Waals surface area contributed by atoms with Crippen LogP contribution in [0.15, 0.2) is 12.1 Å². The number of carbonyl (C=O) groups excluding carboxylic acids is 1. The molecule has 2 unspecified atom stereocenters. The Kier molecular flexibility index (Phi) is 5.51. The molecule has 110 valence electrons. The van der Waals surface area contributed by atoms with Gasteiger partial charge in [-0.15, -0.1) is 0 Å². The van der Waals surface area contributed by atoms with Gasteiger partial charge in [0.1, 0.15) is 11.0 Å². The highest BCUT2D eigenvalue weighted by molar-refractivity contribution is 7.99. The summed E-state index contributed by atoms with van der Waals surface area (Å²) < 4.78 is 0. The molecule has 4 N–H and O–H groups in total. The number of nitrogens with one attached hydrogen (secondary N) is 2. The average Bonchev–Trinajstić information content (AvgIpc) is 2.46. The summed E-state index contributed by atoms with van der Waals surface area (Å²) in [6, 6.07) is 3.37. The highest BCUT2D eigenvalue weighted by Gasteiger charge is 2.23. The molecule has 1 aromatic rings. The lowest BCUT2D eigenvalue weighted by Gasteiger charge is -2.28. The Morgan fingerprint density at radius 3 is 3.00 bits per heavy atom. The molecule has 20 heavy (non-hydrogen) atoms. The van der Waals surface area contributed by atoms with Crippen LogP contribution in [-0.2, 0) is 0 Å². The maximum absolute atomic E-state index is 12.3. The van der Waals surface area contributed by atoms with Crippen molar-refractivity contribution < 1.29 is 4.79 Å². The minimum absolute atomic E-state index is 0.127. The first-order valence-electron chi connectivity index (χ1n) is 6.60. The summed E-state index contributed by atoms with van der Waals surface area (Å²) in [5, 5.41) is 3.95. The van der Waals surface area contributed by atoms with Crippen LogP contribution in [0.2, 0.25) is 5.15 Å². The van der Waals surface area contributed by atoms with E-state index in [0.717, 1.165) is 19.3 Å². The molecule has 1 aromatic heterocycles. The summed E-state index contributed by atoms with van der Waals surface area (Å²) in [6.45, 7) is 0. The smallest absolute Gasteiger partial charge is 0.251 e. The van der Waals surface area contributed by atoms with E-state index in [1.165, 1.54) is 6.42 Å². The van der Waals surface area contributed by atoms with Crippen molar-refractivity contribution in [3.63, 3.8) is 0 Å². The molecule has 0 radical (unpaired) electrons. The van der Waals surface area contributed by atoms with Gasteiger partial charge in [-0.2, -0.15) is 11.8 Å². The van der Waals surface area contributed by atoms with Crippen LogP contribution in [0.3, 0.4) is 0 Å². The average molecular weight is 315 g/mol. The van der Waals surface area contributed by atoms with Crippen molar-refractivity contribution in [3.8, 4) is 0 Å². The van der Waals surface area contributed by atoms with Crippen molar-refractivity contribution in [2.45, 2.75) is 37.0 Å². The van der Waals surface area contributed by atoms with E-state index in [9.17, 15) is 4.79 Å². The topological polar surface area (TPSA) is 80.0 Å². The van der Waals surface area contributed by atoms with Crippen molar-refractivity contribution in [2.75, 3.05) is 11.7 Å². The lowest BCUT2D eigenvalue weighted by molar-refractivity contribution is 0.0928. The number of hydrogen-bond acceptors (Lipinski definition) is 5. The van der Waals surface area contributed by atoms with Gasteiger partial charge in [0.15, 0.2) is 0 Å². The number of halogens is 1. The van der Waals surface area contributed by atoms with Crippen molar-refractivity contribution in [2.24, 2.45) is 5.84 Å². The summed E-state index contributed by atoms with van der Waals surface area (Å²) in [7, 11) is 0. The van der Waals surface area contributed by atoms with Crippen LogP contribution in [0, 0.1) is 0 Å². The monoisotopic (exact) mass is 314 g/mol. The van der Waals surface area contributed by atoms with E-state index in [1.54, 1.807) is 12.1 Å². The van der Waals surface area contributed by atoms with Gasteiger partial charge in [0, 0.05) is 16.9 Å². The number of pyridine rings is 1. The number of anilines is 1. The van der Waals surface area contributed by atoms with Crippen LogP contribution in [0.1, 0.15) is 36.0 Å². The van der Waals surface area contributed by atoms with E-state index in [2.05, 4.69) is 22.0 Å². The normalized spacial score (nSPS) is 22.4. The van der Waals surface area contributed by atoms with Gasteiger partial charge >= 0.3 is 0 Å². The Bertz CT molecular complexity index is 485. The van der Waals surface area contributed by atoms with Gasteiger partial charge in [-0.3, -0.25) is 4.79 Å². The van der Waals surface area contributed by atoms with Crippen molar-refractivity contribution in [3.05, 3.63) is 22.8 Å². The maximum Gasteiger partial charge on any atom is 0.251 e. The van der Waals surface area contributed by atoms with Gasteiger partial charge in [-0.25, -0.2) is 10.8 Å². The molecule has 1 aliphatic rings. The Morgan fingerprint density at radius 2 is 2.30 bits per heavy atom. The molecular formula is C13H19ClN4OS. The third-order valence-corrected chi connectivity index (χ3v) is 4.79. The molecule has 2 rings (SSSR count). The molecule has 1 saturated carbocycles. The van der Waals surface area contributed by atoms with Crippen molar-refractivity contribution >= 4 is 35.1 Å². The van der Waals surface area contributed by atoms with Gasteiger partial charge in [-0.05, 0) is 37.7 Å². The number of nitrogens with two attached hydrogens (primary N) is 1. The van der Waals surface area contributed by atoms with E-state index in [4.69, 9.17) is 17.4 Å². The van der Waals surface area contributed by atoms with Gasteiger partial charge in [-0.1, -0.05) is 18.0 Å². The predicted molar refractivity (Wildman–Crippen MR) is 84.1 cm³/mol. The molecule has 0 spiro atoms. The molecule has 0 aromatic carbocycles. The number of aromatic nitrogens is 1. The van der Waals surface area contributed by atoms with E-state index in [1.807, 2.05) is 11.8 Å². The zero-order chi connectivity index (χ0) is 14.5. The molecule has 1 amide bonds. The molecule has 2 atom stereocenters. The van der Waals surface area contributed by atoms with Gasteiger partial charge in [0.2, 0.25) is 0 Å². The van der Waals surface area contributed by atoms with Crippen LogP contribution in [0.4, 0.5) is 5.82 Å². The second-order valence-electron chi connectivity index (χ2n) is 4.90. The third-order valence-electron chi connectivity index (χ3n) is 3.50. The third kappa shape index (κ3) is 4.01. The first-order chi connectivity index (χ1) is 9.62. The second-order valence-corrected chi connectivity index (χ2v) is 6.43. The highest BCUT2D eigenvalue weighted by atomic mass is 35.5. The van der Waals surface area contributed by atoms with Crippen LogP contribution in [-0.4, -0.2) is 28.4 Å². The Balaban J connectivity index is 2.02. The van der Waals surface area contributed by atoms with Gasteiger partial charge < -0.3 is 10.7 Å².